The molecule has 0 bridgehead atoms. The predicted octanol–water partition coefficient (Wildman–Crippen LogP) is 7.66. The second-order valence-corrected chi connectivity index (χ2v) is 12.4. The van der Waals surface area contributed by atoms with Crippen molar-refractivity contribution < 1.29 is 19.8 Å². The van der Waals surface area contributed by atoms with Gasteiger partial charge < -0.3 is 10.2 Å². The van der Waals surface area contributed by atoms with Gasteiger partial charge in [-0.3, -0.25) is 4.79 Å². The summed E-state index contributed by atoms with van der Waals surface area (Å²) in [5, 5.41) is 18.6. The monoisotopic (exact) mass is 470 g/mol. The first-order valence-electron chi connectivity index (χ1n) is 13.2. The van der Waals surface area contributed by atoms with E-state index in [2.05, 4.69) is 40.9 Å². The van der Waals surface area contributed by atoms with E-state index in [0.717, 1.165) is 32.1 Å². The standard InChI is InChI=1S/C30H46O4/c1-19(2)23-14-18-30(7)25(28(23,5)16-15-26(31)32)12-11-24-22(13-17-29(24,30)6)20(3)9-8-10-21(4)27(33)34/h10,22-25H,1,3,8-9,11-18H2,2,4-7H3,(H,31,32)(H,33,34)/b21-10+/t22-,23+,24-,25+,28+,29-,30-/m1/s1. The maximum absolute atomic E-state index is 11.6. The van der Waals surface area contributed by atoms with Crippen molar-refractivity contribution in [1.82, 2.24) is 0 Å². The molecule has 0 amide bonds. The summed E-state index contributed by atoms with van der Waals surface area (Å²) >= 11 is 0. The zero-order valence-corrected chi connectivity index (χ0v) is 22.1. The third-order valence-corrected chi connectivity index (χ3v) is 10.9. The Labute approximate surface area is 206 Å². The van der Waals surface area contributed by atoms with Crippen LogP contribution in [0.3, 0.4) is 0 Å². The van der Waals surface area contributed by atoms with E-state index in [9.17, 15) is 14.7 Å². The lowest BCUT2D eigenvalue weighted by molar-refractivity contribution is -0.169. The van der Waals surface area contributed by atoms with Crippen LogP contribution in [0.1, 0.15) is 98.8 Å². The maximum Gasteiger partial charge on any atom is 0.330 e. The third kappa shape index (κ3) is 4.42. The molecule has 190 valence electrons. The predicted molar refractivity (Wildman–Crippen MR) is 137 cm³/mol. The van der Waals surface area contributed by atoms with E-state index in [-0.39, 0.29) is 22.7 Å². The minimum Gasteiger partial charge on any atom is -0.481 e. The van der Waals surface area contributed by atoms with Crippen molar-refractivity contribution in [2.24, 2.45) is 39.9 Å². The van der Waals surface area contributed by atoms with Gasteiger partial charge in [0.2, 0.25) is 0 Å². The first kappa shape index (κ1) is 26.8. The molecule has 7 atom stereocenters. The molecule has 0 saturated heterocycles. The molecule has 4 nitrogen and oxygen atoms in total. The van der Waals surface area contributed by atoms with Crippen molar-refractivity contribution in [3.05, 3.63) is 36.0 Å². The van der Waals surface area contributed by atoms with Gasteiger partial charge in [-0.25, -0.2) is 4.79 Å². The smallest absolute Gasteiger partial charge is 0.330 e. The molecular formula is C30H46O4. The fourth-order valence-electron chi connectivity index (χ4n) is 8.88. The molecule has 4 heteroatoms. The van der Waals surface area contributed by atoms with Crippen LogP contribution in [0.5, 0.6) is 0 Å². The first-order valence-corrected chi connectivity index (χ1v) is 13.2. The van der Waals surface area contributed by atoms with Gasteiger partial charge in [0.15, 0.2) is 0 Å². The van der Waals surface area contributed by atoms with E-state index in [1.807, 2.05) is 6.08 Å². The molecule has 0 radical (unpaired) electrons. The van der Waals surface area contributed by atoms with Crippen LogP contribution in [0.2, 0.25) is 0 Å². The van der Waals surface area contributed by atoms with Gasteiger partial charge in [-0.1, -0.05) is 51.2 Å². The molecule has 0 unspecified atom stereocenters. The third-order valence-electron chi connectivity index (χ3n) is 10.9. The molecule has 0 heterocycles. The molecule has 3 fully saturated rings. The summed E-state index contributed by atoms with van der Waals surface area (Å²) in [6.07, 6.45) is 11.4. The normalized spacial score (nSPS) is 39.7. The SMILES string of the molecule is C=C(CC/C=C(\C)C(=O)O)[C@H]1CC[C@]2(C)[C@@H]1CC[C@H]1[C@@](C)(CCC(=O)O)[C@H](C(=C)C)CC[C@]12C. The van der Waals surface area contributed by atoms with Crippen molar-refractivity contribution in [2.75, 3.05) is 0 Å². The zero-order valence-electron chi connectivity index (χ0n) is 22.1. The van der Waals surface area contributed by atoms with Crippen LogP contribution in [0, 0.1) is 39.9 Å². The Balaban J connectivity index is 1.84. The van der Waals surface area contributed by atoms with E-state index >= 15 is 0 Å². The van der Waals surface area contributed by atoms with Gasteiger partial charge in [0, 0.05) is 12.0 Å². The minimum atomic E-state index is -0.846. The van der Waals surface area contributed by atoms with Gasteiger partial charge in [0.1, 0.15) is 0 Å². The summed E-state index contributed by atoms with van der Waals surface area (Å²) < 4.78 is 0. The van der Waals surface area contributed by atoms with Gasteiger partial charge in [-0.15, -0.1) is 0 Å². The van der Waals surface area contributed by atoms with Gasteiger partial charge >= 0.3 is 11.9 Å². The van der Waals surface area contributed by atoms with Crippen LogP contribution in [0.15, 0.2) is 36.0 Å². The van der Waals surface area contributed by atoms with E-state index in [0.29, 0.717) is 29.2 Å². The van der Waals surface area contributed by atoms with Crippen molar-refractivity contribution in [1.29, 1.82) is 0 Å². The van der Waals surface area contributed by atoms with Crippen LogP contribution >= 0.6 is 0 Å². The highest BCUT2D eigenvalue weighted by atomic mass is 16.4. The summed E-state index contributed by atoms with van der Waals surface area (Å²) in [7, 11) is 0. The van der Waals surface area contributed by atoms with Crippen molar-refractivity contribution in [3.63, 3.8) is 0 Å². The van der Waals surface area contributed by atoms with Gasteiger partial charge in [0.25, 0.3) is 0 Å². The Hall–Kier alpha value is -1.84. The molecule has 0 aliphatic heterocycles. The molecule has 3 saturated carbocycles. The molecule has 3 aliphatic rings. The van der Waals surface area contributed by atoms with Crippen molar-refractivity contribution in [2.45, 2.75) is 98.8 Å². The van der Waals surface area contributed by atoms with E-state index in [1.54, 1.807) is 6.92 Å². The topological polar surface area (TPSA) is 74.6 Å². The van der Waals surface area contributed by atoms with Gasteiger partial charge in [0.05, 0.1) is 0 Å². The molecule has 3 rings (SSSR count). The zero-order chi connectivity index (χ0) is 25.5. The lowest BCUT2D eigenvalue weighted by Gasteiger charge is -2.66. The quantitative estimate of drug-likeness (QED) is 0.268. The number of carbonyl (C=O) groups is 2. The first-order chi connectivity index (χ1) is 15.8. The van der Waals surface area contributed by atoms with Gasteiger partial charge in [-0.2, -0.15) is 0 Å². The highest BCUT2D eigenvalue weighted by molar-refractivity contribution is 5.85. The number of hydrogen-bond acceptors (Lipinski definition) is 2. The summed E-state index contributed by atoms with van der Waals surface area (Å²) in [6.45, 7) is 20.0. The highest BCUT2D eigenvalue weighted by Gasteiger charge is 2.65. The second kappa shape index (κ2) is 9.66. The molecular weight excluding hydrogens is 424 g/mol. The molecule has 0 aromatic carbocycles. The van der Waals surface area contributed by atoms with Crippen LogP contribution in [0.25, 0.3) is 0 Å². The summed E-state index contributed by atoms with van der Waals surface area (Å²) in [6, 6.07) is 0. The Bertz CT molecular complexity index is 884. The van der Waals surface area contributed by atoms with Gasteiger partial charge in [-0.05, 0) is 112 Å². The Kier molecular flexibility index (Phi) is 7.60. The Morgan fingerprint density at radius 2 is 1.59 bits per heavy atom. The average Bonchev–Trinajstić information content (AvgIpc) is 3.10. The lowest BCUT2D eigenvalue weighted by atomic mass is 9.38. The van der Waals surface area contributed by atoms with E-state index in [1.165, 1.54) is 36.8 Å². The fraction of sp³-hybridized carbons (Fsp3) is 0.733. The number of carboxylic acid groups (broad SMARTS) is 2. The summed E-state index contributed by atoms with van der Waals surface area (Å²) in [4.78, 5) is 22.7. The lowest BCUT2D eigenvalue weighted by Crippen LogP contribution is -2.59. The molecule has 34 heavy (non-hydrogen) atoms. The van der Waals surface area contributed by atoms with E-state index < -0.39 is 11.9 Å². The molecule has 0 spiro atoms. The molecule has 0 aromatic rings. The number of carboxylic acids is 2. The fourth-order valence-corrected chi connectivity index (χ4v) is 8.88. The molecule has 0 aromatic heterocycles. The number of rotatable bonds is 9. The summed E-state index contributed by atoms with van der Waals surface area (Å²) in [5.41, 5.74) is 3.29. The maximum atomic E-state index is 11.6. The molecule has 3 aliphatic carbocycles. The van der Waals surface area contributed by atoms with E-state index in [4.69, 9.17) is 5.11 Å². The van der Waals surface area contributed by atoms with Crippen molar-refractivity contribution in [3.8, 4) is 0 Å². The number of aliphatic carboxylic acids is 2. The van der Waals surface area contributed by atoms with Crippen LogP contribution in [0.4, 0.5) is 0 Å². The number of hydrogen-bond donors (Lipinski definition) is 2. The number of fused-ring (bicyclic) bond motifs is 3. The Morgan fingerprint density at radius 3 is 2.18 bits per heavy atom. The average molecular weight is 471 g/mol. The van der Waals surface area contributed by atoms with Crippen molar-refractivity contribution >= 4 is 11.9 Å². The number of allylic oxidation sites excluding steroid dienone is 3. The van der Waals surface area contributed by atoms with Crippen LogP contribution in [-0.2, 0) is 9.59 Å². The van der Waals surface area contributed by atoms with Crippen LogP contribution < -0.4 is 0 Å². The second-order valence-electron chi connectivity index (χ2n) is 12.4. The highest BCUT2D eigenvalue weighted by Crippen LogP contribution is 2.73. The molecule has 2 N–H and O–H groups in total. The largest absolute Gasteiger partial charge is 0.481 e. The summed E-state index contributed by atoms with van der Waals surface area (Å²) in [5.74, 6) is 0.465. The minimum absolute atomic E-state index is 0.0283. The Morgan fingerprint density at radius 1 is 0.941 bits per heavy atom. The van der Waals surface area contributed by atoms with Crippen LogP contribution in [-0.4, -0.2) is 22.2 Å².